The molecule has 222 valence electrons. The third-order valence-corrected chi connectivity index (χ3v) is 7.52. The molecule has 0 aromatic heterocycles. The average Bonchev–Trinajstić information content (AvgIpc) is 2.99. The maximum Gasteiger partial charge on any atom is 0.244 e. The van der Waals surface area contributed by atoms with Crippen LogP contribution in [0.5, 0.6) is 0 Å². The Morgan fingerprint density at radius 3 is 2.52 bits per heavy atom. The number of piperidine rings is 1. The van der Waals surface area contributed by atoms with Crippen LogP contribution in [0.2, 0.25) is 0 Å². The fraction of sp³-hybridized carbons (Fsp3) is 0.394. The Hall–Kier alpha value is -4.26. The van der Waals surface area contributed by atoms with Crippen molar-refractivity contribution in [2.75, 3.05) is 31.6 Å². The fourth-order valence-corrected chi connectivity index (χ4v) is 5.06. The van der Waals surface area contributed by atoms with Gasteiger partial charge in [0.15, 0.2) is 0 Å². The van der Waals surface area contributed by atoms with Gasteiger partial charge in [-0.15, -0.1) is 6.42 Å². The van der Waals surface area contributed by atoms with Crippen LogP contribution in [-0.2, 0) is 40.3 Å². The number of hydrogen-bond acceptors (Lipinski definition) is 6. The molecule has 2 aromatic carbocycles. The largest absolute Gasteiger partial charge is 0.337 e. The molecule has 0 bridgehead atoms. The predicted molar refractivity (Wildman–Crippen MR) is 168 cm³/mol. The Balaban J connectivity index is 1.73. The Kier molecular flexibility index (Phi) is 12.5. The van der Waals surface area contributed by atoms with E-state index in [1.807, 2.05) is 56.3 Å². The number of carbonyl (C=O) groups excluding carboxylic acids is 3. The first-order valence-corrected chi connectivity index (χ1v) is 14.4. The van der Waals surface area contributed by atoms with Crippen molar-refractivity contribution < 1.29 is 14.4 Å². The topological polar surface area (TPSA) is 129 Å². The molecule has 3 amide bonds. The van der Waals surface area contributed by atoms with Crippen molar-refractivity contribution in [3.63, 3.8) is 0 Å². The lowest BCUT2D eigenvalue weighted by Crippen LogP contribution is -2.49. The van der Waals surface area contributed by atoms with Gasteiger partial charge in [0.2, 0.25) is 17.7 Å². The van der Waals surface area contributed by atoms with Gasteiger partial charge in [0, 0.05) is 30.4 Å². The molecule has 1 aliphatic heterocycles. The summed E-state index contributed by atoms with van der Waals surface area (Å²) in [4.78, 5) is 45.5. The summed E-state index contributed by atoms with van der Waals surface area (Å²) in [6, 6.07) is 13.3. The SMILES string of the molecule is C#C/C=C\C=NCNC(=O)Cc1cc(NC(=O)CN(Cc2ccccc2CN)C(=O)C2(C)CCNCC2)ccc1CC. The van der Waals surface area contributed by atoms with Gasteiger partial charge in [-0.05, 0) is 78.9 Å². The maximum atomic E-state index is 13.9. The number of rotatable bonds is 13. The number of nitrogens with zero attached hydrogens (tertiary/aromatic N) is 2. The van der Waals surface area contributed by atoms with Crippen LogP contribution in [0.3, 0.4) is 0 Å². The van der Waals surface area contributed by atoms with Gasteiger partial charge in [-0.1, -0.05) is 50.1 Å². The van der Waals surface area contributed by atoms with Gasteiger partial charge in [0.25, 0.3) is 0 Å². The number of amides is 3. The summed E-state index contributed by atoms with van der Waals surface area (Å²) in [5.41, 5.74) is 9.68. The number of terminal acetylenes is 1. The number of nitrogens with two attached hydrogens (primary N) is 1. The van der Waals surface area contributed by atoms with Crippen molar-refractivity contribution in [3.8, 4) is 12.3 Å². The van der Waals surface area contributed by atoms with Crippen LogP contribution in [0.15, 0.2) is 59.6 Å². The van der Waals surface area contributed by atoms with Gasteiger partial charge in [-0.2, -0.15) is 0 Å². The molecule has 1 fully saturated rings. The van der Waals surface area contributed by atoms with E-state index in [1.165, 1.54) is 12.3 Å². The van der Waals surface area contributed by atoms with E-state index in [9.17, 15) is 14.4 Å². The highest BCUT2D eigenvalue weighted by atomic mass is 16.2. The van der Waals surface area contributed by atoms with Gasteiger partial charge >= 0.3 is 0 Å². The molecule has 0 atom stereocenters. The minimum absolute atomic E-state index is 0.0397. The van der Waals surface area contributed by atoms with E-state index in [4.69, 9.17) is 12.2 Å². The van der Waals surface area contributed by atoms with E-state index in [2.05, 4.69) is 26.9 Å². The van der Waals surface area contributed by atoms with Crippen molar-refractivity contribution in [2.45, 2.75) is 52.6 Å². The quantitative estimate of drug-likeness (QED) is 0.217. The van der Waals surface area contributed by atoms with Crippen LogP contribution in [0.25, 0.3) is 0 Å². The second-order valence-corrected chi connectivity index (χ2v) is 10.6. The van der Waals surface area contributed by atoms with Crippen molar-refractivity contribution in [3.05, 3.63) is 76.9 Å². The second-order valence-electron chi connectivity index (χ2n) is 10.6. The summed E-state index contributed by atoms with van der Waals surface area (Å²) in [6.07, 6.45) is 12.1. The Labute approximate surface area is 249 Å². The molecule has 42 heavy (non-hydrogen) atoms. The molecule has 9 heteroatoms. The van der Waals surface area contributed by atoms with Crippen molar-refractivity contribution in [2.24, 2.45) is 16.1 Å². The summed E-state index contributed by atoms with van der Waals surface area (Å²) >= 11 is 0. The van der Waals surface area contributed by atoms with E-state index >= 15 is 0 Å². The molecular weight excluding hydrogens is 528 g/mol. The number of benzene rings is 2. The zero-order valence-corrected chi connectivity index (χ0v) is 24.6. The van der Waals surface area contributed by atoms with Crippen LogP contribution in [-0.4, -0.2) is 55.1 Å². The number of hydrogen-bond donors (Lipinski definition) is 4. The molecule has 9 nitrogen and oxygen atoms in total. The van der Waals surface area contributed by atoms with Crippen LogP contribution in [0.4, 0.5) is 5.69 Å². The van der Waals surface area contributed by atoms with Gasteiger partial charge in [0.05, 0.1) is 6.42 Å². The van der Waals surface area contributed by atoms with Gasteiger partial charge in [-0.25, -0.2) is 0 Å². The smallest absolute Gasteiger partial charge is 0.244 e. The summed E-state index contributed by atoms with van der Waals surface area (Å²) in [7, 11) is 0. The second kappa shape index (κ2) is 16.2. The molecule has 5 N–H and O–H groups in total. The van der Waals surface area contributed by atoms with Crippen LogP contribution >= 0.6 is 0 Å². The normalized spacial score (nSPS) is 14.4. The number of carbonyl (C=O) groups is 3. The summed E-state index contributed by atoms with van der Waals surface area (Å²) < 4.78 is 0. The molecule has 2 aromatic rings. The van der Waals surface area contributed by atoms with Crippen molar-refractivity contribution in [1.29, 1.82) is 0 Å². The number of nitrogens with one attached hydrogen (secondary N) is 3. The van der Waals surface area contributed by atoms with E-state index in [0.717, 1.165) is 41.8 Å². The number of allylic oxidation sites excluding steroid dienone is 2. The monoisotopic (exact) mass is 570 g/mol. The lowest BCUT2D eigenvalue weighted by Gasteiger charge is -2.37. The Morgan fingerprint density at radius 1 is 1.10 bits per heavy atom. The molecule has 1 aliphatic rings. The number of anilines is 1. The maximum absolute atomic E-state index is 13.9. The highest BCUT2D eigenvalue weighted by Gasteiger charge is 2.38. The van der Waals surface area contributed by atoms with Crippen LogP contribution < -0.4 is 21.7 Å². The molecule has 3 rings (SSSR count). The Bertz CT molecular complexity index is 1340. The highest BCUT2D eigenvalue weighted by molar-refractivity contribution is 5.95. The third-order valence-electron chi connectivity index (χ3n) is 7.52. The van der Waals surface area contributed by atoms with Crippen LogP contribution in [0, 0.1) is 17.8 Å². The lowest BCUT2D eigenvalue weighted by molar-refractivity contribution is -0.145. The van der Waals surface area contributed by atoms with Crippen molar-refractivity contribution in [1.82, 2.24) is 15.5 Å². The zero-order valence-electron chi connectivity index (χ0n) is 24.6. The molecule has 0 unspecified atom stereocenters. The van der Waals surface area contributed by atoms with Gasteiger partial charge < -0.3 is 26.6 Å². The minimum Gasteiger partial charge on any atom is -0.337 e. The zero-order chi connectivity index (χ0) is 30.4. The summed E-state index contributed by atoms with van der Waals surface area (Å²) in [5, 5.41) is 9.02. The van der Waals surface area contributed by atoms with E-state index in [-0.39, 0.29) is 37.4 Å². The van der Waals surface area contributed by atoms with Crippen molar-refractivity contribution >= 4 is 29.6 Å². The molecule has 0 radical (unpaired) electrons. The number of aliphatic imine (C=N–C) groups is 1. The van der Waals surface area contributed by atoms with Gasteiger partial charge in [-0.3, -0.25) is 19.4 Å². The van der Waals surface area contributed by atoms with E-state index in [1.54, 1.807) is 11.0 Å². The predicted octanol–water partition coefficient (Wildman–Crippen LogP) is 2.94. The fourth-order valence-electron chi connectivity index (χ4n) is 5.06. The molecule has 1 heterocycles. The highest BCUT2D eigenvalue weighted by Crippen LogP contribution is 2.31. The minimum atomic E-state index is -0.547. The standard InChI is InChI=1S/C33H42N6O3/c1-4-6-9-16-36-24-37-30(40)20-28-19-29(13-12-25(28)5-2)38-31(41)23-39(22-27-11-8-7-10-26(27)21-34)32(42)33(3)14-17-35-18-15-33/h1,6-13,16,19,35H,5,14-15,17-18,20-24,34H2,2-3H3,(H,37,40)(H,38,41)/b9-6-,36-16?. The first-order valence-electron chi connectivity index (χ1n) is 14.4. The third kappa shape index (κ3) is 9.40. The summed E-state index contributed by atoms with van der Waals surface area (Å²) in [6.45, 7) is 6.20. The van der Waals surface area contributed by atoms with Gasteiger partial charge in [0.1, 0.15) is 13.2 Å². The molecule has 1 saturated heterocycles. The average molecular weight is 571 g/mol. The molecular formula is C33H42N6O3. The lowest BCUT2D eigenvalue weighted by atomic mass is 9.79. The molecule has 0 spiro atoms. The summed E-state index contributed by atoms with van der Waals surface area (Å²) in [5.74, 6) is 1.84. The Morgan fingerprint density at radius 2 is 1.83 bits per heavy atom. The first-order chi connectivity index (χ1) is 20.3. The van der Waals surface area contributed by atoms with E-state index < -0.39 is 5.41 Å². The first kappa shape index (κ1) is 32.3. The van der Waals surface area contributed by atoms with E-state index in [0.29, 0.717) is 31.6 Å². The number of aryl methyl sites for hydroxylation is 1. The molecule has 0 saturated carbocycles. The molecule has 0 aliphatic carbocycles. The van der Waals surface area contributed by atoms with Crippen LogP contribution in [0.1, 0.15) is 48.9 Å².